The predicted molar refractivity (Wildman–Crippen MR) is 75.4 cm³/mol. The molecule has 1 aromatic heterocycles. The Morgan fingerprint density at radius 1 is 1.06 bits per heavy atom. The van der Waals surface area contributed by atoms with E-state index in [1.807, 2.05) is 12.4 Å². The van der Waals surface area contributed by atoms with Gasteiger partial charge in [-0.05, 0) is 25.0 Å². The number of aromatic nitrogens is 1. The molecule has 0 bridgehead atoms. The maximum absolute atomic E-state index is 5.84. The number of nitrogens with zero attached hydrogens (tertiary/aromatic N) is 2. The van der Waals surface area contributed by atoms with E-state index in [1.54, 1.807) is 0 Å². The van der Waals surface area contributed by atoms with Crippen molar-refractivity contribution in [3.05, 3.63) is 24.5 Å². The molecule has 94 valence electrons. The second kappa shape index (κ2) is 8.88. The number of hydrogen-bond donors (Lipinski definition) is 1. The summed E-state index contributed by atoms with van der Waals surface area (Å²) in [7, 11) is 0. The monoisotopic (exact) mass is 285 g/mol. The molecular formula is C10H18Cl3N3. The van der Waals surface area contributed by atoms with Crippen molar-refractivity contribution in [3.63, 3.8) is 0 Å². The third-order valence-corrected chi connectivity index (χ3v) is 2.57. The van der Waals surface area contributed by atoms with E-state index in [1.165, 1.54) is 5.69 Å². The molecule has 3 nitrogen and oxygen atoms in total. The molecule has 0 radical (unpaired) electrons. The number of nitrogens with two attached hydrogens (primary N) is 1. The lowest BCUT2D eigenvalue weighted by atomic mass is 10.1. The Kier molecular flexibility index (Phi) is 10.1. The van der Waals surface area contributed by atoms with Gasteiger partial charge in [-0.15, -0.1) is 37.2 Å². The largest absolute Gasteiger partial charge is 0.371 e. The van der Waals surface area contributed by atoms with E-state index in [0.29, 0.717) is 6.04 Å². The zero-order chi connectivity index (χ0) is 9.10. The summed E-state index contributed by atoms with van der Waals surface area (Å²) < 4.78 is 0. The van der Waals surface area contributed by atoms with Crippen molar-refractivity contribution >= 4 is 42.9 Å². The maximum Gasteiger partial charge on any atom is 0.0397 e. The lowest BCUT2D eigenvalue weighted by Crippen LogP contribution is -2.39. The summed E-state index contributed by atoms with van der Waals surface area (Å²) in [6, 6.07) is 4.51. The van der Waals surface area contributed by atoms with Gasteiger partial charge in [0.1, 0.15) is 0 Å². The third kappa shape index (κ3) is 4.74. The molecule has 0 aliphatic carbocycles. The van der Waals surface area contributed by atoms with Crippen LogP contribution in [-0.2, 0) is 0 Å². The Morgan fingerprint density at radius 2 is 1.56 bits per heavy atom. The molecule has 0 aromatic carbocycles. The standard InChI is InChI=1S/C10H15N3.3ClH/c11-9-3-7-13(8-4-9)10-1-5-12-6-2-10;;;/h1-2,5-6,9H,3-4,7-8,11H2;3*1H. The molecule has 1 saturated heterocycles. The first-order valence-electron chi connectivity index (χ1n) is 4.77. The SMILES string of the molecule is Cl.Cl.Cl.NC1CCN(c2ccncc2)CC1. The molecular weight excluding hydrogens is 268 g/mol. The molecule has 1 aliphatic heterocycles. The molecule has 1 aliphatic rings. The van der Waals surface area contributed by atoms with Gasteiger partial charge in [-0.1, -0.05) is 0 Å². The summed E-state index contributed by atoms with van der Waals surface area (Å²) in [4.78, 5) is 6.37. The third-order valence-electron chi connectivity index (χ3n) is 2.57. The fourth-order valence-electron chi connectivity index (χ4n) is 1.71. The van der Waals surface area contributed by atoms with Crippen LogP contribution in [0.4, 0.5) is 5.69 Å². The van der Waals surface area contributed by atoms with Crippen LogP contribution in [0.1, 0.15) is 12.8 Å². The molecule has 1 fully saturated rings. The number of hydrogen-bond acceptors (Lipinski definition) is 3. The fraction of sp³-hybridized carbons (Fsp3) is 0.500. The van der Waals surface area contributed by atoms with Crippen LogP contribution in [0, 0.1) is 0 Å². The Labute approximate surface area is 115 Å². The number of anilines is 1. The van der Waals surface area contributed by atoms with Crippen molar-refractivity contribution in [2.45, 2.75) is 18.9 Å². The second-order valence-corrected chi connectivity index (χ2v) is 3.53. The van der Waals surface area contributed by atoms with Gasteiger partial charge in [0.05, 0.1) is 0 Å². The van der Waals surface area contributed by atoms with Gasteiger partial charge in [0.15, 0.2) is 0 Å². The highest BCUT2D eigenvalue weighted by Gasteiger charge is 2.15. The molecule has 2 heterocycles. The fourth-order valence-corrected chi connectivity index (χ4v) is 1.71. The summed E-state index contributed by atoms with van der Waals surface area (Å²) in [5, 5.41) is 0. The molecule has 0 amide bonds. The molecule has 2 N–H and O–H groups in total. The minimum absolute atomic E-state index is 0. The topological polar surface area (TPSA) is 42.1 Å². The average Bonchev–Trinajstić information content (AvgIpc) is 2.20. The average molecular weight is 287 g/mol. The minimum atomic E-state index is 0. The van der Waals surface area contributed by atoms with Crippen LogP contribution in [0.5, 0.6) is 0 Å². The summed E-state index contributed by atoms with van der Waals surface area (Å²) in [6.07, 6.45) is 5.87. The zero-order valence-electron chi connectivity index (χ0n) is 8.91. The van der Waals surface area contributed by atoms with Crippen molar-refractivity contribution in [2.75, 3.05) is 18.0 Å². The molecule has 16 heavy (non-hydrogen) atoms. The summed E-state index contributed by atoms with van der Waals surface area (Å²) in [5.41, 5.74) is 7.10. The lowest BCUT2D eigenvalue weighted by molar-refractivity contribution is 0.501. The van der Waals surface area contributed by atoms with Crippen LogP contribution in [0.2, 0.25) is 0 Å². The van der Waals surface area contributed by atoms with E-state index in [-0.39, 0.29) is 37.2 Å². The normalized spacial score (nSPS) is 15.4. The minimum Gasteiger partial charge on any atom is -0.371 e. The van der Waals surface area contributed by atoms with Crippen molar-refractivity contribution in [3.8, 4) is 0 Å². The van der Waals surface area contributed by atoms with Crippen molar-refractivity contribution < 1.29 is 0 Å². The van der Waals surface area contributed by atoms with Crippen LogP contribution in [0.25, 0.3) is 0 Å². The van der Waals surface area contributed by atoms with Gasteiger partial charge in [-0.3, -0.25) is 4.98 Å². The smallest absolute Gasteiger partial charge is 0.0397 e. The molecule has 0 atom stereocenters. The van der Waals surface area contributed by atoms with Gasteiger partial charge in [0.25, 0.3) is 0 Å². The van der Waals surface area contributed by atoms with Crippen molar-refractivity contribution in [1.29, 1.82) is 0 Å². The van der Waals surface area contributed by atoms with Gasteiger partial charge in [-0.2, -0.15) is 0 Å². The maximum atomic E-state index is 5.84. The lowest BCUT2D eigenvalue weighted by Gasteiger charge is -2.31. The second-order valence-electron chi connectivity index (χ2n) is 3.53. The van der Waals surface area contributed by atoms with Crippen LogP contribution in [0.3, 0.4) is 0 Å². The van der Waals surface area contributed by atoms with Crippen LogP contribution in [-0.4, -0.2) is 24.1 Å². The number of pyridine rings is 1. The summed E-state index contributed by atoms with van der Waals surface area (Å²) in [6.45, 7) is 2.15. The molecule has 2 rings (SSSR count). The highest BCUT2D eigenvalue weighted by molar-refractivity contribution is 5.86. The number of rotatable bonds is 1. The highest BCUT2D eigenvalue weighted by atomic mass is 35.5. The van der Waals surface area contributed by atoms with E-state index in [2.05, 4.69) is 22.0 Å². The predicted octanol–water partition coefficient (Wildman–Crippen LogP) is 2.27. The Bertz CT molecular complexity index is 263. The first-order valence-corrected chi connectivity index (χ1v) is 4.77. The first kappa shape index (κ1) is 18.2. The molecule has 1 aromatic rings. The highest BCUT2D eigenvalue weighted by Crippen LogP contribution is 2.17. The van der Waals surface area contributed by atoms with E-state index in [9.17, 15) is 0 Å². The first-order chi connectivity index (χ1) is 6.36. The Hall–Kier alpha value is -0.220. The Morgan fingerprint density at radius 3 is 2.06 bits per heavy atom. The van der Waals surface area contributed by atoms with Gasteiger partial charge >= 0.3 is 0 Å². The van der Waals surface area contributed by atoms with E-state index >= 15 is 0 Å². The quantitative estimate of drug-likeness (QED) is 0.861. The van der Waals surface area contributed by atoms with E-state index in [0.717, 1.165) is 25.9 Å². The molecule has 0 saturated carbocycles. The Balaban J connectivity index is 0. The van der Waals surface area contributed by atoms with Crippen molar-refractivity contribution in [1.82, 2.24) is 4.98 Å². The van der Waals surface area contributed by atoms with E-state index in [4.69, 9.17) is 5.73 Å². The van der Waals surface area contributed by atoms with Gasteiger partial charge in [0.2, 0.25) is 0 Å². The van der Waals surface area contributed by atoms with Crippen LogP contribution in [0.15, 0.2) is 24.5 Å². The van der Waals surface area contributed by atoms with Gasteiger partial charge < -0.3 is 10.6 Å². The summed E-state index contributed by atoms with van der Waals surface area (Å²) in [5.74, 6) is 0. The molecule has 0 unspecified atom stereocenters. The number of halogens is 3. The zero-order valence-corrected chi connectivity index (χ0v) is 11.4. The molecule has 0 spiro atoms. The van der Waals surface area contributed by atoms with Crippen LogP contribution < -0.4 is 10.6 Å². The summed E-state index contributed by atoms with van der Waals surface area (Å²) >= 11 is 0. The van der Waals surface area contributed by atoms with Gasteiger partial charge in [-0.25, -0.2) is 0 Å². The number of piperidine rings is 1. The molecule has 6 heteroatoms. The van der Waals surface area contributed by atoms with Crippen LogP contribution >= 0.6 is 37.2 Å². The van der Waals surface area contributed by atoms with Crippen molar-refractivity contribution in [2.24, 2.45) is 5.73 Å². The van der Waals surface area contributed by atoms with Gasteiger partial charge in [0, 0.05) is 37.2 Å². The van der Waals surface area contributed by atoms with E-state index < -0.39 is 0 Å².